The summed E-state index contributed by atoms with van der Waals surface area (Å²) in [5.41, 5.74) is 4.20. The van der Waals surface area contributed by atoms with E-state index in [1.165, 1.54) is 0 Å². The van der Waals surface area contributed by atoms with Crippen LogP contribution in [0.25, 0.3) is 21.8 Å². The third-order valence-corrected chi connectivity index (χ3v) is 6.30. The highest BCUT2D eigenvalue weighted by Crippen LogP contribution is 2.31. The van der Waals surface area contributed by atoms with Crippen LogP contribution in [0.5, 0.6) is 0 Å². The minimum absolute atomic E-state index is 0.103. The molecule has 2 N–H and O–H groups in total. The van der Waals surface area contributed by atoms with Crippen molar-refractivity contribution in [1.29, 1.82) is 0 Å². The molecule has 5 rings (SSSR count). The average molecular weight is 455 g/mol. The van der Waals surface area contributed by atoms with Gasteiger partial charge in [-0.05, 0) is 61.9 Å². The summed E-state index contributed by atoms with van der Waals surface area (Å²) in [5, 5.41) is 7.76. The van der Waals surface area contributed by atoms with Crippen LogP contribution in [0.3, 0.4) is 0 Å². The number of rotatable bonds is 6. The maximum atomic E-state index is 12.5. The normalized spacial score (nSPS) is 13.6. The second-order valence-corrected chi connectivity index (χ2v) is 8.42. The lowest BCUT2D eigenvalue weighted by molar-refractivity contribution is -0.117. The molecular formula is C27H26N4O3. The Labute approximate surface area is 197 Å². The molecule has 1 aromatic heterocycles. The maximum absolute atomic E-state index is 12.5. The number of fused-ring (bicyclic) bond motifs is 3. The number of aromatic nitrogens is 1. The van der Waals surface area contributed by atoms with Gasteiger partial charge >= 0.3 is 0 Å². The summed E-state index contributed by atoms with van der Waals surface area (Å²) in [7, 11) is 0. The van der Waals surface area contributed by atoms with Gasteiger partial charge in [-0.3, -0.25) is 14.4 Å². The molecule has 7 heteroatoms. The summed E-state index contributed by atoms with van der Waals surface area (Å²) < 4.78 is 2.25. The van der Waals surface area contributed by atoms with Crippen molar-refractivity contribution in [3.05, 3.63) is 72.3 Å². The van der Waals surface area contributed by atoms with Crippen molar-refractivity contribution in [2.45, 2.75) is 26.3 Å². The fourth-order valence-electron chi connectivity index (χ4n) is 4.65. The van der Waals surface area contributed by atoms with E-state index in [-0.39, 0.29) is 24.3 Å². The summed E-state index contributed by atoms with van der Waals surface area (Å²) >= 11 is 0. The van der Waals surface area contributed by atoms with Gasteiger partial charge < -0.3 is 20.1 Å². The molecule has 0 saturated carbocycles. The Morgan fingerprint density at radius 2 is 1.71 bits per heavy atom. The van der Waals surface area contributed by atoms with Crippen LogP contribution in [0.15, 0.2) is 66.7 Å². The van der Waals surface area contributed by atoms with Gasteiger partial charge in [0, 0.05) is 58.3 Å². The van der Waals surface area contributed by atoms with Gasteiger partial charge in [-0.25, -0.2) is 0 Å². The number of aryl methyl sites for hydroxylation is 1. The molecule has 7 nitrogen and oxygen atoms in total. The highest BCUT2D eigenvalue weighted by atomic mass is 16.2. The molecule has 0 atom stereocenters. The van der Waals surface area contributed by atoms with E-state index < -0.39 is 0 Å². The largest absolute Gasteiger partial charge is 0.343 e. The van der Waals surface area contributed by atoms with Crippen molar-refractivity contribution < 1.29 is 14.4 Å². The molecular weight excluding hydrogens is 428 g/mol. The monoisotopic (exact) mass is 454 g/mol. The van der Waals surface area contributed by atoms with Gasteiger partial charge in [-0.15, -0.1) is 0 Å². The van der Waals surface area contributed by atoms with E-state index in [0.29, 0.717) is 24.2 Å². The molecule has 3 aromatic carbocycles. The Bertz CT molecular complexity index is 1400. The minimum atomic E-state index is -0.337. The SMILES string of the molecule is CCn1c2ccccc2c2cc(NC(=O)CNC(=O)c3ccc(N4CCCC4=O)cc3)ccc21. The third-order valence-electron chi connectivity index (χ3n) is 6.30. The highest BCUT2D eigenvalue weighted by Gasteiger charge is 2.21. The Balaban J connectivity index is 1.23. The molecule has 0 aliphatic carbocycles. The minimum Gasteiger partial charge on any atom is -0.343 e. The van der Waals surface area contributed by atoms with E-state index in [1.807, 2.05) is 30.3 Å². The zero-order valence-electron chi connectivity index (χ0n) is 19.0. The smallest absolute Gasteiger partial charge is 0.251 e. The first kappa shape index (κ1) is 21.7. The van der Waals surface area contributed by atoms with Gasteiger partial charge in [0.1, 0.15) is 0 Å². The summed E-state index contributed by atoms with van der Waals surface area (Å²) in [6.45, 7) is 3.54. The van der Waals surface area contributed by atoms with Crippen molar-refractivity contribution in [3.8, 4) is 0 Å². The van der Waals surface area contributed by atoms with Crippen LogP contribution >= 0.6 is 0 Å². The molecule has 1 fully saturated rings. The maximum Gasteiger partial charge on any atom is 0.251 e. The Morgan fingerprint density at radius 1 is 0.941 bits per heavy atom. The molecule has 4 aromatic rings. The van der Waals surface area contributed by atoms with E-state index in [9.17, 15) is 14.4 Å². The first-order valence-corrected chi connectivity index (χ1v) is 11.5. The second-order valence-electron chi connectivity index (χ2n) is 8.42. The number of para-hydroxylation sites is 1. The van der Waals surface area contributed by atoms with Gasteiger partial charge in [0.15, 0.2) is 0 Å². The van der Waals surface area contributed by atoms with Crippen molar-refractivity contribution in [1.82, 2.24) is 9.88 Å². The lowest BCUT2D eigenvalue weighted by Gasteiger charge is -2.15. The molecule has 0 bridgehead atoms. The van der Waals surface area contributed by atoms with E-state index in [2.05, 4.69) is 34.3 Å². The predicted octanol–water partition coefficient (Wildman–Crippen LogP) is 4.31. The molecule has 1 aliphatic heterocycles. The van der Waals surface area contributed by atoms with E-state index in [0.717, 1.165) is 40.5 Å². The molecule has 1 aliphatic rings. The molecule has 0 spiro atoms. The van der Waals surface area contributed by atoms with Crippen LogP contribution in [0.4, 0.5) is 11.4 Å². The number of carbonyl (C=O) groups excluding carboxylic acids is 3. The Hall–Kier alpha value is -4.13. The number of hydrogen-bond acceptors (Lipinski definition) is 3. The molecule has 34 heavy (non-hydrogen) atoms. The average Bonchev–Trinajstić information content (AvgIpc) is 3.43. The number of nitrogens with one attached hydrogen (secondary N) is 2. The number of benzene rings is 3. The first-order chi connectivity index (χ1) is 16.5. The summed E-state index contributed by atoms with van der Waals surface area (Å²) in [5.74, 6) is -0.534. The quantitative estimate of drug-likeness (QED) is 0.455. The second kappa shape index (κ2) is 9.02. The van der Waals surface area contributed by atoms with Crippen molar-refractivity contribution in [3.63, 3.8) is 0 Å². The summed E-state index contributed by atoms with van der Waals surface area (Å²) in [4.78, 5) is 38.6. The van der Waals surface area contributed by atoms with Gasteiger partial charge in [0.05, 0.1) is 6.54 Å². The predicted molar refractivity (Wildman–Crippen MR) is 134 cm³/mol. The molecule has 3 amide bonds. The van der Waals surface area contributed by atoms with Crippen LogP contribution in [-0.4, -0.2) is 35.4 Å². The van der Waals surface area contributed by atoms with Gasteiger partial charge in [-0.2, -0.15) is 0 Å². The summed E-state index contributed by atoms with van der Waals surface area (Å²) in [6.07, 6.45) is 1.41. The topological polar surface area (TPSA) is 83.4 Å². The molecule has 2 heterocycles. The van der Waals surface area contributed by atoms with E-state index >= 15 is 0 Å². The number of nitrogens with zero attached hydrogens (tertiary/aromatic N) is 2. The van der Waals surface area contributed by atoms with Crippen LogP contribution in [-0.2, 0) is 16.1 Å². The third kappa shape index (κ3) is 4.01. The standard InChI is InChI=1S/C27H26N4O3/c1-2-30-23-7-4-3-6-21(23)22-16-19(11-14-24(22)30)29-25(32)17-28-27(34)18-9-12-20(13-10-18)31-15-5-8-26(31)33/h3-4,6-7,9-14,16H,2,5,8,15,17H2,1H3,(H,28,34)(H,29,32). The number of carbonyl (C=O) groups is 3. The van der Waals surface area contributed by atoms with Gasteiger partial charge in [0.25, 0.3) is 5.91 Å². The lowest BCUT2D eigenvalue weighted by Crippen LogP contribution is -2.32. The number of amides is 3. The van der Waals surface area contributed by atoms with Gasteiger partial charge in [0.2, 0.25) is 11.8 Å². The van der Waals surface area contributed by atoms with Crippen molar-refractivity contribution in [2.24, 2.45) is 0 Å². The fraction of sp³-hybridized carbons (Fsp3) is 0.222. The Morgan fingerprint density at radius 3 is 2.44 bits per heavy atom. The zero-order chi connectivity index (χ0) is 23.7. The highest BCUT2D eigenvalue weighted by molar-refractivity contribution is 6.10. The van der Waals surface area contributed by atoms with Crippen molar-refractivity contribution >= 4 is 50.9 Å². The van der Waals surface area contributed by atoms with E-state index in [4.69, 9.17) is 0 Å². The first-order valence-electron chi connectivity index (χ1n) is 11.5. The fourth-order valence-corrected chi connectivity index (χ4v) is 4.65. The molecule has 1 saturated heterocycles. The molecule has 0 unspecified atom stereocenters. The van der Waals surface area contributed by atoms with E-state index in [1.54, 1.807) is 29.2 Å². The number of anilines is 2. The summed E-state index contributed by atoms with van der Waals surface area (Å²) in [6, 6.07) is 21.0. The zero-order valence-corrected chi connectivity index (χ0v) is 19.0. The lowest BCUT2D eigenvalue weighted by atomic mass is 10.1. The van der Waals surface area contributed by atoms with Crippen LogP contribution in [0.2, 0.25) is 0 Å². The number of hydrogen-bond donors (Lipinski definition) is 2. The van der Waals surface area contributed by atoms with Crippen LogP contribution < -0.4 is 15.5 Å². The van der Waals surface area contributed by atoms with Crippen LogP contribution in [0, 0.1) is 0 Å². The van der Waals surface area contributed by atoms with Gasteiger partial charge in [-0.1, -0.05) is 18.2 Å². The van der Waals surface area contributed by atoms with Crippen LogP contribution in [0.1, 0.15) is 30.1 Å². The van der Waals surface area contributed by atoms with Crippen molar-refractivity contribution in [2.75, 3.05) is 23.3 Å². The molecule has 0 radical (unpaired) electrons. The molecule has 172 valence electrons. The Kier molecular flexibility index (Phi) is 5.76.